The molecule has 0 radical (unpaired) electrons. The lowest BCUT2D eigenvalue weighted by atomic mass is 10.0. The van der Waals surface area contributed by atoms with E-state index in [1.54, 1.807) is 7.11 Å². The number of hydrogen-bond acceptors (Lipinski definition) is 6. The number of thioether (sulfide) groups is 1. The van der Waals surface area contributed by atoms with E-state index in [2.05, 4.69) is 44.1 Å². The number of rotatable bonds is 9. The molecule has 1 atom stereocenters. The van der Waals surface area contributed by atoms with Gasteiger partial charge in [-0.1, -0.05) is 12.1 Å². The van der Waals surface area contributed by atoms with Gasteiger partial charge in [0, 0.05) is 32.7 Å². The normalized spacial score (nSPS) is 17.0. The highest BCUT2D eigenvalue weighted by Crippen LogP contribution is 2.29. The number of nitrogens with one attached hydrogen (secondary N) is 2. The molecular formula is C22H35N7OS. The van der Waals surface area contributed by atoms with Gasteiger partial charge in [-0.2, -0.15) is 11.8 Å². The molecule has 0 bridgehead atoms. The predicted octanol–water partition coefficient (Wildman–Crippen LogP) is 2.59. The first-order valence-electron chi connectivity index (χ1n) is 10.9. The van der Waals surface area contributed by atoms with Crippen LogP contribution >= 0.6 is 11.8 Å². The minimum absolute atomic E-state index is 0.312. The van der Waals surface area contributed by atoms with Crippen molar-refractivity contribution >= 4 is 23.4 Å². The summed E-state index contributed by atoms with van der Waals surface area (Å²) in [5.74, 6) is 4.65. The average Bonchev–Trinajstić information content (AvgIpc) is 3.12. The van der Waals surface area contributed by atoms with Crippen LogP contribution in [0.15, 0.2) is 29.3 Å². The Kier molecular flexibility index (Phi) is 8.87. The molecule has 2 heterocycles. The van der Waals surface area contributed by atoms with E-state index in [1.807, 2.05) is 42.4 Å². The van der Waals surface area contributed by atoms with Crippen molar-refractivity contribution in [1.29, 1.82) is 0 Å². The van der Waals surface area contributed by atoms with Crippen LogP contribution in [0.25, 0.3) is 0 Å². The van der Waals surface area contributed by atoms with Gasteiger partial charge in [-0.25, -0.2) is 4.99 Å². The predicted molar refractivity (Wildman–Crippen MR) is 129 cm³/mol. The number of aromatic nitrogens is 3. The first-order valence-corrected chi connectivity index (χ1v) is 12.3. The van der Waals surface area contributed by atoms with Crippen molar-refractivity contribution in [3.05, 3.63) is 35.9 Å². The van der Waals surface area contributed by atoms with E-state index in [9.17, 15) is 0 Å². The van der Waals surface area contributed by atoms with E-state index in [1.165, 1.54) is 0 Å². The van der Waals surface area contributed by atoms with Crippen LogP contribution < -0.4 is 20.3 Å². The minimum atomic E-state index is 0.312. The Morgan fingerprint density at radius 3 is 2.90 bits per heavy atom. The molecule has 2 N–H and O–H groups in total. The molecule has 0 spiro atoms. The molecule has 1 aromatic heterocycles. The molecule has 1 aromatic carbocycles. The molecule has 170 valence electrons. The monoisotopic (exact) mass is 445 g/mol. The smallest absolute Gasteiger partial charge is 0.191 e. The van der Waals surface area contributed by atoms with Crippen LogP contribution in [0.2, 0.25) is 0 Å². The minimum Gasteiger partial charge on any atom is -0.495 e. The number of hydrogen-bond donors (Lipinski definition) is 2. The van der Waals surface area contributed by atoms with Crippen LogP contribution in [0, 0.1) is 6.92 Å². The summed E-state index contributed by atoms with van der Waals surface area (Å²) in [6.07, 6.45) is 5.47. The van der Waals surface area contributed by atoms with Crippen molar-refractivity contribution in [3.8, 4) is 5.75 Å². The fourth-order valence-corrected chi connectivity index (χ4v) is 4.15. The highest BCUT2D eigenvalue weighted by Gasteiger charge is 2.23. The van der Waals surface area contributed by atoms with Gasteiger partial charge in [-0.15, -0.1) is 10.2 Å². The highest BCUT2D eigenvalue weighted by molar-refractivity contribution is 7.98. The molecule has 0 saturated carbocycles. The molecule has 9 heteroatoms. The van der Waals surface area contributed by atoms with Crippen molar-refractivity contribution in [2.45, 2.75) is 38.8 Å². The van der Waals surface area contributed by atoms with Crippen LogP contribution in [0.4, 0.5) is 5.69 Å². The maximum absolute atomic E-state index is 5.58. The standard InChI is InChI=1S/C22H35N7OS/c1-17-26-27-21(28(17)2)15-24-22(23-12-8-14-31-4)25-18-9-7-13-29(16-18)19-10-5-6-11-20(19)30-3/h5-6,10-11,18H,7-9,12-16H2,1-4H3,(H2,23,24,25). The Morgan fingerprint density at radius 2 is 2.16 bits per heavy atom. The number of anilines is 1. The molecule has 0 aliphatic carbocycles. The molecule has 2 aromatic rings. The van der Waals surface area contributed by atoms with Crippen LogP contribution in [0.5, 0.6) is 5.75 Å². The fourth-order valence-electron chi connectivity index (χ4n) is 3.71. The Balaban J connectivity index is 1.67. The number of aryl methyl sites for hydroxylation is 1. The number of guanidine groups is 1. The third kappa shape index (κ3) is 6.53. The number of para-hydroxylation sites is 2. The lowest BCUT2D eigenvalue weighted by Crippen LogP contribution is -2.51. The second-order valence-corrected chi connectivity index (χ2v) is 8.75. The molecule has 31 heavy (non-hydrogen) atoms. The van der Waals surface area contributed by atoms with Gasteiger partial charge < -0.3 is 24.8 Å². The van der Waals surface area contributed by atoms with Crippen molar-refractivity contribution in [3.63, 3.8) is 0 Å². The summed E-state index contributed by atoms with van der Waals surface area (Å²) in [5.41, 5.74) is 1.15. The summed E-state index contributed by atoms with van der Waals surface area (Å²) < 4.78 is 7.56. The lowest BCUT2D eigenvalue weighted by Gasteiger charge is -2.36. The zero-order valence-electron chi connectivity index (χ0n) is 19.1. The van der Waals surface area contributed by atoms with Gasteiger partial charge in [0.2, 0.25) is 0 Å². The molecule has 3 rings (SSSR count). The van der Waals surface area contributed by atoms with Crippen LogP contribution in [-0.4, -0.2) is 65.5 Å². The molecular weight excluding hydrogens is 410 g/mol. The number of aliphatic imine (C=N–C) groups is 1. The second kappa shape index (κ2) is 11.8. The molecule has 8 nitrogen and oxygen atoms in total. The van der Waals surface area contributed by atoms with Gasteiger partial charge in [0.25, 0.3) is 0 Å². The molecule has 1 unspecified atom stereocenters. The van der Waals surface area contributed by atoms with Crippen molar-refractivity contribution < 1.29 is 4.74 Å². The molecule has 1 aliphatic rings. The number of benzene rings is 1. The third-order valence-corrected chi connectivity index (χ3v) is 6.26. The number of piperidine rings is 1. The van der Waals surface area contributed by atoms with Gasteiger partial charge in [0.05, 0.1) is 12.8 Å². The molecule has 0 amide bonds. The average molecular weight is 446 g/mol. The Labute approximate surface area is 189 Å². The van der Waals surface area contributed by atoms with Gasteiger partial charge in [-0.3, -0.25) is 0 Å². The highest BCUT2D eigenvalue weighted by atomic mass is 32.2. The largest absolute Gasteiger partial charge is 0.495 e. The Morgan fingerprint density at radius 1 is 1.32 bits per heavy atom. The summed E-state index contributed by atoms with van der Waals surface area (Å²) in [6.45, 7) is 5.29. The quantitative estimate of drug-likeness (QED) is 0.349. The SMILES string of the molecule is COc1ccccc1N1CCCC(NC(=NCc2nnc(C)n2C)NCCCSC)C1. The number of methoxy groups -OCH3 is 1. The van der Waals surface area contributed by atoms with E-state index in [0.29, 0.717) is 12.6 Å². The number of ether oxygens (including phenoxy) is 1. The van der Waals surface area contributed by atoms with Gasteiger partial charge in [0.1, 0.15) is 18.1 Å². The molecule has 1 fully saturated rings. The van der Waals surface area contributed by atoms with E-state index in [4.69, 9.17) is 9.73 Å². The van der Waals surface area contributed by atoms with Crippen LogP contribution in [0.1, 0.15) is 30.9 Å². The van der Waals surface area contributed by atoms with Crippen molar-refractivity contribution in [2.75, 3.05) is 43.7 Å². The van der Waals surface area contributed by atoms with Gasteiger partial charge >= 0.3 is 0 Å². The zero-order chi connectivity index (χ0) is 22.1. The van der Waals surface area contributed by atoms with E-state index in [0.717, 1.165) is 73.7 Å². The summed E-state index contributed by atoms with van der Waals surface area (Å²) in [5, 5.41) is 15.5. The van der Waals surface area contributed by atoms with E-state index in [-0.39, 0.29) is 0 Å². The first kappa shape index (κ1) is 23.2. The fraction of sp³-hybridized carbons (Fsp3) is 0.591. The second-order valence-electron chi connectivity index (χ2n) is 7.76. The summed E-state index contributed by atoms with van der Waals surface area (Å²) >= 11 is 1.86. The maximum Gasteiger partial charge on any atom is 0.191 e. The maximum atomic E-state index is 5.58. The third-order valence-electron chi connectivity index (χ3n) is 5.57. The first-order chi connectivity index (χ1) is 15.1. The lowest BCUT2D eigenvalue weighted by molar-refractivity contribution is 0.408. The Bertz CT molecular complexity index is 854. The van der Waals surface area contributed by atoms with Crippen molar-refractivity contribution in [2.24, 2.45) is 12.0 Å². The van der Waals surface area contributed by atoms with Crippen LogP contribution in [-0.2, 0) is 13.6 Å². The van der Waals surface area contributed by atoms with Crippen molar-refractivity contribution in [1.82, 2.24) is 25.4 Å². The Hall–Kier alpha value is -2.42. The van der Waals surface area contributed by atoms with Gasteiger partial charge in [-0.05, 0) is 50.3 Å². The summed E-state index contributed by atoms with van der Waals surface area (Å²) in [7, 11) is 3.71. The molecule has 1 aliphatic heterocycles. The zero-order valence-corrected chi connectivity index (χ0v) is 19.9. The summed E-state index contributed by atoms with van der Waals surface area (Å²) in [6, 6.07) is 8.55. The van der Waals surface area contributed by atoms with Gasteiger partial charge in [0.15, 0.2) is 11.8 Å². The van der Waals surface area contributed by atoms with E-state index < -0.39 is 0 Å². The van der Waals surface area contributed by atoms with Crippen LogP contribution in [0.3, 0.4) is 0 Å². The number of nitrogens with zero attached hydrogens (tertiary/aromatic N) is 5. The van der Waals surface area contributed by atoms with E-state index >= 15 is 0 Å². The molecule has 1 saturated heterocycles. The summed E-state index contributed by atoms with van der Waals surface area (Å²) in [4.78, 5) is 7.21. The topological polar surface area (TPSA) is 79.6 Å².